The first-order chi connectivity index (χ1) is 11.3. The van der Waals surface area contributed by atoms with E-state index < -0.39 is 11.7 Å². The summed E-state index contributed by atoms with van der Waals surface area (Å²) in [6.45, 7) is 0.259. The molecule has 2 aliphatic carbocycles. The zero-order valence-corrected chi connectivity index (χ0v) is 13.5. The molecule has 0 radical (unpaired) electrons. The average molecular weight is 340 g/mol. The van der Waals surface area contributed by atoms with E-state index in [4.69, 9.17) is 5.73 Å². The maximum absolute atomic E-state index is 12.5. The molecule has 3 rings (SSSR count). The molecule has 6 heteroatoms. The van der Waals surface area contributed by atoms with Crippen molar-refractivity contribution in [3.8, 4) is 0 Å². The molecule has 3 nitrogen and oxygen atoms in total. The third-order valence-electron chi connectivity index (χ3n) is 5.53. The van der Waals surface area contributed by atoms with E-state index in [-0.39, 0.29) is 24.4 Å². The number of carbonyl (C=O) groups excluding carboxylic acids is 1. The van der Waals surface area contributed by atoms with Crippen LogP contribution in [0.25, 0.3) is 0 Å². The van der Waals surface area contributed by atoms with E-state index >= 15 is 0 Å². The summed E-state index contributed by atoms with van der Waals surface area (Å²) < 4.78 is 37.6. The van der Waals surface area contributed by atoms with Crippen molar-refractivity contribution < 1.29 is 18.0 Å². The third kappa shape index (κ3) is 3.74. The van der Waals surface area contributed by atoms with Gasteiger partial charge in [-0.2, -0.15) is 13.2 Å². The second kappa shape index (κ2) is 6.75. The Bertz CT molecular complexity index is 571. The lowest BCUT2D eigenvalue weighted by Gasteiger charge is -2.43. The van der Waals surface area contributed by atoms with Gasteiger partial charge >= 0.3 is 6.18 Å². The molecule has 24 heavy (non-hydrogen) atoms. The van der Waals surface area contributed by atoms with E-state index in [0.29, 0.717) is 17.4 Å². The van der Waals surface area contributed by atoms with Gasteiger partial charge in [-0.1, -0.05) is 18.6 Å². The first-order valence-electron chi connectivity index (χ1n) is 8.54. The molecular formula is C18H23F3N2O. The van der Waals surface area contributed by atoms with Gasteiger partial charge in [0.25, 0.3) is 0 Å². The van der Waals surface area contributed by atoms with E-state index in [2.05, 4.69) is 5.32 Å². The smallest absolute Gasteiger partial charge is 0.352 e. The summed E-state index contributed by atoms with van der Waals surface area (Å²) in [7, 11) is 0. The average Bonchev–Trinajstić information content (AvgIpc) is 2.52. The summed E-state index contributed by atoms with van der Waals surface area (Å²) in [4.78, 5) is 12.4. The van der Waals surface area contributed by atoms with Crippen LogP contribution in [0.15, 0.2) is 24.3 Å². The Hall–Kier alpha value is -1.56. The van der Waals surface area contributed by atoms with Gasteiger partial charge in [0.1, 0.15) is 0 Å². The van der Waals surface area contributed by atoms with Gasteiger partial charge in [-0.15, -0.1) is 0 Å². The summed E-state index contributed by atoms with van der Waals surface area (Å²) in [6.07, 6.45) is 0.719. The summed E-state index contributed by atoms with van der Waals surface area (Å²) in [5.41, 5.74) is 6.23. The highest BCUT2D eigenvalue weighted by Crippen LogP contribution is 2.41. The maximum atomic E-state index is 12.5. The molecule has 0 aliphatic heterocycles. The van der Waals surface area contributed by atoms with E-state index in [0.717, 1.165) is 37.8 Å². The summed E-state index contributed by atoms with van der Waals surface area (Å²) in [5, 5.41) is 2.87. The number of hydrogen-bond donors (Lipinski definition) is 2. The van der Waals surface area contributed by atoms with Gasteiger partial charge in [0.15, 0.2) is 0 Å². The van der Waals surface area contributed by atoms with Crippen molar-refractivity contribution in [2.75, 3.05) is 0 Å². The van der Waals surface area contributed by atoms with Gasteiger partial charge in [-0.05, 0) is 55.2 Å². The predicted molar refractivity (Wildman–Crippen MR) is 84.8 cm³/mol. The lowest BCUT2D eigenvalue weighted by atomic mass is 9.65. The van der Waals surface area contributed by atoms with Crippen LogP contribution in [0.4, 0.5) is 13.2 Å². The molecule has 2 unspecified atom stereocenters. The molecule has 2 bridgehead atoms. The summed E-state index contributed by atoms with van der Waals surface area (Å²) >= 11 is 0. The molecule has 0 aromatic heterocycles. The Morgan fingerprint density at radius 3 is 2.25 bits per heavy atom. The van der Waals surface area contributed by atoms with Crippen molar-refractivity contribution in [3.63, 3.8) is 0 Å². The minimum absolute atomic E-state index is 0.00121. The SMILES string of the molecule is NC1C2CCCC1CC(C(=O)NCc1ccc(C(F)(F)F)cc1)C2. The number of rotatable bonds is 3. The molecular weight excluding hydrogens is 317 g/mol. The topological polar surface area (TPSA) is 55.1 Å². The number of halogens is 3. The third-order valence-corrected chi connectivity index (χ3v) is 5.53. The number of benzene rings is 1. The first-order valence-corrected chi connectivity index (χ1v) is 8.54. The molecule has 2 fully saturated rings. The molecule has 0 heterocycles. The predicted octanol–water partition coefficient (Wildman–Crippen LogP) is 3.48. The fourth-order valence-electron chi connectivity index (χ4n) is 4.15. The highest BCUT2D eigenvalue weighted by Gasteiger charge is 2.40. The number of alkyl halides is 3. The van der Waals surface area contributed by atoms with Crippen molar-refractivity contribution in [2.45, 2.75) is 50.9 Å². The summed E-state index contributed by atoms with van der Waals surface area (Å²) in [6, 6.07) is 5.14. The van der Waals surface area contributed by atoms with Gasteiger partial charge in [0.2, 0.25) is 5.91 Å². The molecule has 2 atom stereocenters. The minimum atomic E-state index is -4.33. The molecule has 0 saturated heterocycles. The van der Waals surface area contributed by atoms with Crippen molar-refractivity contribution in [1.82, 2.24) is 5.32 Å². The lowest BCUT2D eigenvalue weighted by molar-refractivity contribution is -0.137. The van der Waals surface area contributed by atoms with Gasteiger partial charge in [-0.25, -0.2) is 0 Å². The Balaban J connectivity index is 1.54. The largest absolute Gasteiger partial charge is 0.416 e. The second-order valence-corrected chi connectivity index (χ2v) is 7.11. The maximum Gasteiger partial charge on any atom is 0.416 e. The molecule has 1 amide bonds. The molecule has 3 N–H and O–H groups in total. The highest BCUT2D eigenvalue weighted by molar-refractivity contribution is 5.78. The van der Waals surface area contributed by atoms with Crippen LogP contribution in [0.5, 0.6) is 0 Å². The van der Waals surface area contributed by atoms with E-state index in [1.54, 1.807) is 0 Å². The zero-order valence-electron chi connectivity index (χ0n) is 13.5. The van der Waals surface area contributed by atoms with E-state index in [1.807, 2.05) is 0 Å². The Morgan fingerprint density at radius 2 is 1.71 bits per heavy atom. The number of nitrogens with two attached hydrogens (primary N) is 1. The number of fused-ring (bicyclic) bond motifs is 2. The summed E-state index contributed by atoms with van der Waals surface area (Å²) in [5.74, 6) is 0.840. The Kier molecular flexibility index (Phi) is 4.85. The first kappa shape index (κ1) is 17.3. The Labute approximate surface area is 139 Å². The van der Waals surface area contributed by atoms with E-state index in [9.17, 15) is 18.0 Å². The van der Waals surface area contributed by atoms with Crippen LogP contribution in [-0.4, -0.2) is 11.9 Å². The fraction of sp³-hybridized carbons (Fsp3) is 0.611. The molecule has 1 aromatic rings. The molecule has 2 saturated carbocycles. The second-order valence-electron chi connectivity index (χ2n) is 7.11. The van der Waals surface area contributed by atoms with Crippen molar-refractivity contribution in [2.24, 2.45) is 23.5 Å². The van der Waals surface area contributed by atoms with Crippen LogP contribution in [-0.2, 0) is 17.5 Å². The molecule has 2 aliphatic rings. The van der Waals surface area contributed by atoms with E-state index in [1.165, 1.54) is 18.6 Å². The van der Waals surface area contributed by atoms with Gasteiger partial charge < -0.3 is 11.1 Å². The molecule has 132 valence electrons. The number of carbonyl (C=O) groups is 1. The van der Waals surface area contributed by atoms with Crippen LogP contribution in [0.1, 0.15) is 43.2 Å². The van der Waals surface area contributed by atoms with Gasteiger partial charge in [-0.3, -0.25) is 4.79 Å². The number of hydrogen-bond acceptors (Lipinski definition) is 2. The highest BCUT2D eigenvalue weighted by atomic mass is 19.4. The number of amides is 1. The lowest BCUT2D eigenvalue weighted by Crippen LogP contribution is -2.49. The normalized spacial score (nSPS) is 30.0. The van der Waals surface area contributed by atoms with Crippen LogP contribution in [0.2, 0.25) is 0 Å². The molecule has 0 spiro atoms. The van der Waals surface area contributed by atoms with Gasteiger partial charge in [0.05, 0.1) is 5.56 Å². The Morgan fingerprint density at radius 1 is 1.12 bits per heavy atom. The van der Waals surface area contributed by atoms with Crippen LogP contribution in [0, 0.1) is 17.8 Å². The molecule has 1 aromatic carbocycles. The standard InChI is InChI=1S/C18H23F3N2O/c19-18(20,21)15-6-4-11(5-7-15)10-23-17(24)14-8-12-2-1-3-13(9-14)16(12)22/h4-7,12-14,16H,1-3,8-10,22H2,(H,23,24). The quantitative estimate of drug-likeness (QED) is 0.885. The van der Waals surface area contributed by atoms with Crippen LogP contribution in [0.3, 0.4) is 0 Å². The van der Waals surface area contributed by atoms with Crippen LogP contribution >= 0.6 is 0 Å². The van der Waals surface area contributed by atoms with Gasteiger partial charge in [0, 0.05) is 18.5 Å². The van der Waals surface area contributed by atoms with Crippen molar-refractivity contribution in [1.29, 1.82) is 0 Å². The van der Waals surface area contributed by atoms with Crippen molar-refractivity contribution >= 4 is 5.91 Å². The van der Waals surface area contributed by atoms with Crippen LogP contribution < -0.4 is 11.1 Å². The minimum Gasteiger partial charge on any atom is -0.352 e. The monoisotopic (exact) mass is 340 g/mol. The fourth-order valence-corrected chi connectivity index (χ4v) is 4.15. The zero-order chi connectivity index (χ0) is 17.3. The number of nitrogens with one attached hydrogen (secondary N) is 1. The van der Waals surface area contributed by atoms with Crippen molar-refractivity contribution in [3.05, 3.63) is 35.4 Å².